The summed E-state index contributed by atoms with van der Waals surface area (Å²) in [5, 5.41) is 28.4. The van der Waals surface area contributed by atoms with E-state index in [1.54, 1.807) is 6.20 Å². The van der Waals surface area contributed by atoms with Crippen molar-refractivity contribution in [1.82, 2.24) is 4.98 Å². The number of azo groups is 1. The van der Waals surface area contributed by atoms with Gasteiger partial charge in [0.05, 0.1) is 24.2 Å². The number of aromatic nitrogens is 1. The number of hydrogen-bond acceptors (Lipinski definition) is 8. The number of hydrogen-bond donors (Lipinski definition) is 3. The molecular formula is C35H25N3O8. The standard InChI is InChI=1S/C35H25N3O8/c39-32(15-21-10-9-20-5-1-2-6-25(20)21)45-30-13-11-23(17-27(30)34(41)42)37-38-24-12-14-31(28(18-24)35(43)44)46-33(40)16-22-19-36-29-8-4-3-7-26(22)29/h1-8,10-14,17-19,36H,9,15-16H2,(H,41,42)(H,43,44). The number of benzene rings is 4. The number of allylic oxidation sites excluding steroid dienone is 1. The van der Waals surface area contributed by atoms with Gasteiger partial charge in [0.2, 0.25) is 0 Å². The maximum absolute atomic E-state index is 12.7. The molecule has 0 radical (unpaired) electrons. The molecular weight excluding hydrogens is 590 g/mol. The van der Waals surface area contributed by atoms with Crippen LogP contribution < -0.4 is 9.47 Å². The van der Waals surface area contributed by atoms with Gasteiger partial charge in [0.1, 0.15) is 22.6 Å². The zero-order chi connectivity index (χ0) is 32.2. The minimum atomic E-state index is -1.34. The molecule has 0 amide bonds. The van der Waals surface area contributed by atoms with E-state index >= 15 is 0 Å². The van der Waals surface area contributed by atoms with E-state index in [-0.39, 0.29) is 46.8 Å². The Morgan fingerprint density at radius 2 is 1.30 bits per heavy atom. The Bertz CT molecular complexity index is 2090. The highest BCUT2D eigenvalue weighted by Crippen LogP contribution is 2.32. The largest absolute Gasteiger partial charge is 0.478 e. The quantitative estimate of drug-likeness (QED) is 0.0852. The molecule has 46 heavy (non-hydrogen) atoms. The van der Waals surface area contributed by atoms with Crippen LogP contribution in [-0.2, 0) is 22.4 Å². The van der Waals surface area contributed by atoms with Gasteiger partial charge in [-0.05, 0) is 71.1 Å². The Morgan fingerprint density at radius 1 is 0.717 bits per heavy atom. The van der Waals surface area contributed by atoms with Gasteiger partial charge in [-0.15, -0.1) is 0 Å². The number of nitrogens with zero attached hydrogens (tertiary/aromatic N) is 2. The van der Waals surface area contributed by atoms with E-state index in [0.717, 1.165) is 27.6 Å². The van der Waals surface area contributed by atoms with Crippen molar-refractivity contribution in [1.29, 1.82) is 0 Å². The normalized spacial score (nSPS) is 12.1. The fraction of sp³-hybridized carbons (Fsp3) is 0.0857. The maximum atomic E-state index is 12.7. The summed E-state index contributed by atoms with van der Waals surface area (Å²) in [6.07, 6.45) is 4.27. The number of rotatable bonds is 10. The fourth-order valence-electron chi connectivity index (χ4n) is 5.22. The molecule has 0 unspecified atom stereocenters. The molecule has 11 nitrogen and oxygen atoms in total. The molecule has 1 aromatic heterocycles. The fourth-order valence-corrected chi connectivity index (χ4v) is 5.22. The molecule has 0 saturated heterocycles. The van der Waals surface area contributed by atoms with E-state index in [4.69, 9.17) is 9.47 Å². The third-order valence-electron chi connectivity index (χ3n) is 7.39. The van der Waals surface area contributed by atoms with Crippen molar-refractivity contribution < 1.29 is 38.9 Å². The van der Waals surface area contributed by atoms with Crippen LogP contribution in [0, 0.1) is 0 Å². The van der Waals surface area contributed by atoms with Gasteiger partial charge >= 0.3 is 23.9 Å². The van der Waals surface area contributed by atoms with Crippen LogP contribution in [0.3, 0.4) is 0 Å². The number of aromatic carboxylic acids is 2. The second kappa shape index (κ2) is 12.7. The van der Waals surface area contributed by atoms with Gasteiger partial charge in [-0.3, -0.25) is 9.59 Å². The molecule has 0 spiro atoms. The minimum absolute atomic E-state index is 0.0161. The van der Waals surface area contributed by atoms with E-state index in [1.165, 1.54) is 36.4 Å². The van der Waals surface area contributed by atoms with Crippen molar-refractivity contribution >= 4 is 51.7 Å². The molecule has 228 valence electrons. The molecule has 5 aromatic rings. The van der Waals surface area contributed by atoms with Crippen LogP contribution in [-0.4, -0.2) is 39.1 Å². The molecule has 3 N–H and O–H groups in total. The number of carbonyl (C=O) groups is 4. The Hall–Kier alpha value is -6.36. The SMILES string of the molecule is O=C(CC1=CCc2ccccc21)Oc1ccc(N=Nc2ccc(OC(=O)Cc3c[nH]c4ccccc34)c(C(=O)O)c2)cc1C(=O)O. The summed E-state index contributed by atoms with van der Waals surface area (Å²) in [6.45, 7) is 0. The van der Waals surface area contributed by atoms with Crippen molar-refractivity contribution in [2.45, 2.75) is 19.3 Å². The number of carboxylic acid groups (broad SMARTS) is 2. The van der Waals surface area contributed by atoms with Crippen molar-refractivity contribution in [3.8, 4) is 11.5 Å². The number of carbonyl (C=O) groups excluding carboxylic acids is 2. The Balaban J connectivity index is 1.14. The van der Waals surface area contributed by atoms with Gasteiger partial charge in [0.15, 0.2) is 0 Å². The first kappa shape index (κ1) is 29.7. The van der Waals surface area contributed by atoms with E-state index in [2.05, 4.69) is 15.2 Å². The third kappa shape index (κ3) is 6.43. The number of aromatic amines is 1. The van der Waals surface area contributed by atoms with Crippen LogP contribution in [0.25, 0.3) is 16.5 Å². The first-order valence-electron chi connectivity index (χ1n) is 14.2. The Labute approximate surface area is 261 Å². The number of H-pyrrole nitrogens is 1. The predicted octanol–water partition coefficient (Wildman–Crippen LogP) is 7.06. The topological polar surface area (TPSA) is 168 Å². The summed E-state index contributed by atoms with van der Waals surface area (Å²) in [7, 11) is 0. The van der Waals surface area contributed by atoms with Gasteiger partial charge in [-0.25, -0.2) is 9.59 Å². The molecule has 0 bridgehead atoms. The van der Waals surface area contributed by atoms with Crippen molar-refractivity contribution in [3.63, 3.8) is 0 Å². The second-order valence-corrected chi connectivity index (χ2v) is 10.4. The van der Waals surface area contributed by atoms with E-state index in [1.807, 2.05) is 54.6 Å². The van der Waals surface area contributed by atoms with Crippen molar-refractivity contribution in [3.05, 3.63) is 125 Å². The van der Waals surface area contributed by atoms with Gasteiger partial charge in [0, 0.05) is 17.1 Å². The smallest absolute Gasteiger partial charge is 0.339 e. The Kier molecular flexibility index (Phi) is 8.20. The summed E-state index contributed by atoms with van der Waals surface area (Å²) < 4.78 is 10.8. The number of fused-ring (bicyclic) bond motifs is 2. The van der Waals surface area contributed by atoms with Crippen LogP contribution in [0.2, 0.25) is 0 Å². The molecule has 0 saturated carbocycles. The number of esters is 2. The van der Waals surface area contributed by atoms with Gasteiger partial charge in [-0.1, -0.05) is 48.5 Å². The molecule has 0 aliphatic heterocycles. The highest BCUT2D eigenvalue weighted by molar-refractivity contribution is 5.95. The molecule has 11 heteroatoms. The molecule has 1 aliphatic carbocycles. The molecule has 1 aliphatic rings. The lowest BCUT2D eigenvalue weighted by atomic mass is 10.0. The first-order chi connectivity index (χ1) is 22.2. The molecule has 0 fully saturated rings. The van der Waals surface area contributed by atoms with Crippen molar-refractivity contribution in [2.24, 2.45) is 10.2 Å². The first-order valence-corrected chi connectivity index (χ1v) is 14.2. The lowest BCUT2D eigenvalue weighted by Gasteiger charge is -2.09. The van der Waals surface area contributed by atoms with E-state index in [0.29, 0.717) is 12.0 Å². The zero-order valence-corrected chi connectivity index (χ0v) is 24.1. The van der Waals surface area contributed by atoms with Crippen LogP contribution in [0.4, 0.5) is 11.4 Å². The van der Waals surface area contributed by atoms with Crippen molar-refractivity contribution in [2.75, 3.05) is 0 Å². The minimum Gasteiger partial charge on any atom is -0.478 e. The predicted molar refractivity (Wildman–Crippen MR) is 167 cm³/mol. The van der Waals surface area contributed by atoms with E-state index in [9.17, 15) is 29.4 Å². The van der Waals surface area contributed by atoms with Crippen LogP contribution in [0.5, 0.6) is 11.5 Å². The molecule has 6 rings (SSSR count). The second-order valence-electron chi connectivity index (χ2n) is 10.4. The van der Waals surface area contributed by atoms with Gasteiger partial charge in [-0.2, -0.15) is 10.2 Å². The highest BCUT2D eigenvalue weighted by atomic mass is 16.5. The molecule has 0 atom stereocenters. The third-order valence-corrected chi connectivity index (χ3v) is 7.39. The number of nitrogens with one attached hydrogen (secondary N) is 1. The maximum Gasteiger partial charge on any atom is 0.339 e. The zero-order valence-electron chi connectivity index (χ0n) is 24.1. The number of carboxylic acids is 2. The van der Waals surface area contributed by atoms with Gasteiger partial charge < -0.3 is 24.7 Å². The molecule has 1 heterocycles. The summed E-state index contributed by atoms with van der Waals surface area (Å²) in [5.41, 5.74) is 4.10. The number of para-hydroxylation sites is 1. The van der Waals surface area contributed by atoms with Crippen LogP contribution >= 0.6 is 0 Å². The summed E-state index contributed by atoms with van der Waals surface area (Å²) in [6, 6.07) is 23.0. The van der Waals surface area contributed by atoms with Crippen LogP contribution in [0.1, 0.15) is 43.8 Å². The lowest BCUT2D eigenvalue weighted by molar-refractivity contribution is -0.134. The summed E-state index contributed by atoms with van der Waals surface area (Å²) in [4.78, 5) is 52.3. The summed E-state index contributed by atoms with van der Waals surface area (Å²) >= 11 is 0. The van der Waals surface area contributed by atoms with Gasteiger partial charge in [0.25, 0.3) is 0 Å². The lowest BCUT2D eigenvalue weighted by Crippen LogP contribution is -2.13. The summed E-state index contributed by atoms with van der Waals surface area (Å²) in [5.74, 6) is -4.24. The van der Waals surface area contributed by atoms with E-state index < -0.39 is 23.9 Å². The van der Waals surface area contributed by atoms with Crippen LogP contribution in [0.15, 0.2) is 107 Å². The number of ether oxygens (including phenoxy) is 2. The average Bonchev–Trinajstić information content (AvgIpc) is 3.64. The Morgan fingerprint density at radius 3 is 1.96 bits per heavy atom. The highest BCUT2D eigenvalue weighted by Gasteiger charge is 2.21. The monoisotopic (exact) mass is 615 g/mol. The average molecular weight is 616 g/mol. The molecule has 4 aromatic carbocycles.